The molecule has 0 bridgehead atoms. The summed E-state index contributed by atoms with van der Waals surface area (Å²) in [4.78, 5) is 51.8. The lowest BCUT2D eigenvalue weighted by Gasteiger charge is -2.16. The van der Waals surface area contributed by atoms with Gasteiger partial charge in [-0.05, 0) is 26.3 Å². The molecule has 1 N–H and O–H groups in total. The minimum atomic E-state index is -0.809. The number of aryl methyl sites for hydroxylation is 1. The summed E-state index contributed by atoms with van der Waals surface area (Å²) in [5.41, 5.74) is 0.683. The molecular weight excluding hydrogens is 416 g/mol. The summed E-state index contributed by atoms with van der Waals surface area (Å²) >= 11 is 0. The molecule has 2 aromatic rings. The second-order valence-corrected chi connectivity index (χ2v) is 7.33. The number of carbonyl (C=O) groups excluding carboxylic acids is 4. The lowest BCUT2D eigenvalue weighted by molar-refractivity contribution is -0.128. The average Bonchev–Trinajstić information content (AvgIpc) is 3.28. The summed E-state index contributed by atoms with van der Waals surface area (Å²) in [6.45, 7) is 5.57. The first-order valence-corrected chi connectivity index (χ1v) is 10.5. The van der Waals surface area contributed by atoms with Gasteiger partial charge in [-0.3, -0.25) is 14.9 Å². The number of likely N-dealkylation sites (tertiary alicyclic amines) is 1. The third-order valence-electron chi connectivity index (χ3n) is 5.08. The molecule has 1 unspecified atom stereocenters. The highest BCUT2D eigenvalue weighted by molar-refractivity contribution is 6.09. The van der Waals surface area contributed by atoms with Crippen molar-refractivity contribution < 1.29 is 33.1 Å². The number of esters is 2. The Kier molecular flexibility index (Phi) is 7.29. The maximum Gasteiger partial charge on any atom is 0.344 e. The molecule has 0 spiro atoms. The Morgan fingerprint density at radius 1 is 1.06 bits per heavy atom. The Hall–Kier alpha value is -3.62. The third kappa shape index (κ3) is 4.99. The van der Waals surface area contributed by atoms with Crippen molar-refractivity contribution in [3.8, 4) is 0 Å². The van der Waals surface area contributed by atoms with E-state index in [1.165, 1.54) is 6.92 Å². The van der Waals surface area contributed by atoms with Crippen LogP contribution in [0.25, 0.3) is 0 Å². The van der Waals surface area contributed by atoms with Gasteiger partial charge in [0.25, 0.3) is 0 Å². The van der Waals surface area contributed by atoms with Gasteiger partial charge in [0.1, 0.15) is 16.9 Å². The quantitative estimate of drug-likeness (QED) is 0.625. The van der Waals surface area contributed by atoms with Gasteiger partial charge in [-0.1, -0.05) is 30.3 Å². The van der Waals surface area contributed by atoms with E-state index in [0.717, 1.165) is 5.56 Å². The van der Waals surface area contributed by atoms with Crippen LogP contribution in [0, 0.1) is 12.8 Å². The molecule has 3 rings (SSSR count). The zero-order valence-electron chi connectivity index (χ0n) is 18.3. The molecule has 1 aromatic heterocycles. The maximum atomic E-state index is 12.9. The van der Waals surface area contributed by atoms with Crippen LogP contribution in [-0.2, 0) is 25.6 Å². The fraction of sp³-hybridized carbons (Fsp3) is 0.391. The van der Waals surface area contributed by atoms with E-state index in [1.807, 2.05) is 30.3 Å². The maximum absolute atomic E-state index is 12.9. The highest BCUT2D eigenvalue weighted by Gasteiger charge is 2.37. The topological polar surface area (TPSA) is 115 Å². The number of amides is 2. The van der Waals surface area contributed by atoms with E-state index in [4.69, 9.17) is 13.9 Å². The molecular formula is C23H26N2O7. The molecule has 0 aliphatic carbocycles. The summed E-state index contributed by atoms with van der Waals surface area (Å²) in [5, 5.41) is 2.56. The van der Waals surface area contributed by atoms with Gasteiger partial charge in [-0.15, -0.1) is 0 Å². The molecule has 170 valence electrons. The van der Waals surface area contributed by atoms with Crippen molar-refractivity contribution in [2.45, 2.75) is 33.7 Å². The van der Waals surface area contributed by atoms with Crippen LogP contribution in [0.5, 0.6) is 0 Å². The molecule has 2 amide bonds. The van der Waals surface area contributed by atoms with Crippen LogP contribution in [0.1, 0.15) is 52.3 Å². The number of hydrogen-bond acceptors (Lipinski definition) is 7. The van der Waals surface area contributed by atoms with E-state index in [0.29, 0.717) is 6.54 Å². The first-order chi connectivity index (χ1) is 15.3. The SMILES string of the molecule is CCOC(=O)c1c(C)oc(NC(=O)C2CC(=O)N(Cc3ccccc3)C2)c1C(=O)OCC. The number of furan rings is 1. The van der Waals surface area contributed by atoms with Crippen molar-refractivity contribution >= 4 is 29.6 Å². The van der Waals surface area contributed by atoms with Gasteiger partial charge in [-0.25, -0.2) is 9.59 Å². The molecule has 0 saturated carbocycles. The van der Waals surface area contributed by atoms with E-state index < -0.39 is 23.8 Å². The van der Waals surface area contributed by atoms with Crippen molar-refractivity contribution in [2.75, 3.05) is 25.1 Å². The smallest absolute Gasteiger partial charge is 0.344 e. The van der Waals surface area contributed by atoms with E-state index in [9.17, 15) is 19.2 Å². The van der Waals surface area contributed by atoms with Gasteiger partial charge in [0, 0.05) is 19.5 Å². The third-order valence-corrected chi connectivity index (χ3v) is 5.08. The monoisotopic (exact) mass is 442 g/mol. The number of hydrogen-bond donors (Lipinski definition) is 1. The Morgan fingerprint density at radius 2 is 1.69 bits per heavy atom. The van der Waals surface area contributed by atoms with E-state index in [-0.39, 0.29) is 54.9 Å². The number of ether oxygens (including phenoxy) is 2. The van der Waals surface area contributed by atoms with Crippen molar-refractivity contribution in [1.82, 2.24) is 4.90 Å². The first kappa shape index (κ1) is 23.1. The van der Waals surface area contributed by atoms with Crippen LogP contribution in [0.15, 0.2) is 34.7 Å². The molecule has 1 aromatic carbocycles. The number of benzene rings is 1. The molecule has 1 fully saturated rings. The van der Waals surface area contributed by atoms with Gasteiger partial charge in [0.2, 0.25) is 17.7 Å². The van der Waals surface area contributed by atoms with Crippen LogP contribution < -0.4 is 5.32 Å². The lowest BCUT2D eigenvalue weighted by atomic mass is 10.1. The summed E-state index contributed by atoms with van der Waals surface area (Å²) in [6.07, 6.45) is 0.0395. The second kappa shape index (κ2) is 10.1. The van der Waals surface area contributed by atoms with Gasteiger partial charge in [0.15, 0.2) is 0 Å². The molecule has 1 saturated heterocycles. The number of carbonyl (C=O) groups is 4. The molecule has 9 nitrogen and oxygen atoms in total. The normalized spacial score (nSPS) is 15.5. The van der Waals surface area contributed by atoms with Crippen molar-refractivity contribution in [1.29, 1.82) is 0 Å². The van der Waals surface area contributed by atoms with Crippen LogP contribution in [0.4, 0.5) is 5.88 Å². The predicted octanol–water partition coefficient (Wildman–Crippen LogP) is 2.93. The minimum absolute atomic E-state index is 0.0395. The highest BCUT2D eigenvalue weighted by atomic mass is 16.5. The van der Waals surface area contributed by atoms with E-state index in [2.05, 4.69) is 5.32 Å². The Balaban J connectivity index is 1.78. The summed E-state index contributed by atoms with van der Waals surface area (Å²) in [5.74, 6) is -2.87. The molecule has 0 radical (unpaired) electrons. The number of anilines is 1. The molecule has 2 heterocycles. The minimum Gasteiger partial charge on any atom is -0.462 e. The molecule has 1 aliphatic rings. The highest BCUT2D eigenvalue weighted by Crippen LogP contribution is 2.30. The zero-order valence-corrected chi connectivity index (χ0v) is 18.3. The molecule has 1 atom stereocenters. The van der Waals surface area contributed by atoms with Crippen LogP contribution >= 0.6 is 0 Å². The van der Waals surface area contributed by atoms with Crippen molar-refractivity contribution in [3.63, 3.8) is 0 Å². The first-order valence-electron chi connectivity index (χ1n) is 10.5. The Morgan fingerprint density at radius 3 is 2.31 bits per heavy atom. The number of nitrogens with one attached hydrogen (secondary N) is 1. The van der Waals surface area contributed by atoms with E-state index in [1.54, 1.807) is 18.7 Å². The van der Waals surface area contributed by atoms with Gasteiger partial charge in [0.05, 0.1) is 19.1 Å². The van der Waals surface area contributed by atoms with Crippen LogP contribution in [0.3, 0.4) is 0 Å². The van der Waals surface area contributed by atoms with Crippen molar-refractivity contribution in [2.24, 2.45) is 5.92 Å². The number of rotatable bonds is 8. The summed E-state index contributed by atoms with van der Waals surface area (Å²) < 4.78 is 15.6. The van der Waals surface area contributed by atoms with Crippen LogP contribution in [0.2, 0.25) is 0 Å². The Bertz CT molecular complexity index is 1010. The summed E-state index contributed by atoms with van der Waals surface area (Å²) in [6, 6.07) is 9.49. The van der Waals surface area contributed by atoms with Gasteiger partial charge < -0.3 is 18.8 Å². The molecule has 32 heavy (non-hydrogen) atoms. The van der Waals surface area contributed by atoms with Crippen LogP contribution in [-0.4, -0.2) is 48.4 Å². The number of nitrogens with zero attached hydrogens (tertiary/aromatic N) is 1. The van der Waals surface area contributed by atoms with Gasteiger partial charge in [-0.2, -0.15) is 0 Å². The van der Waals surface area contributed by atoms with E-state index >= 15 is 0 Å². The fourth-order valence-electron chi connectivity index (χ4n) is 3.60. The zero-order chi connectivity index (χ0) is 23.3. The standard InChI is InChI=1S/C23H26N2O7/c1-4-30-22(28)18-14(3)32-21(19(18)23(29)31-5-2)24-20(27)16-11-17(26)25(13-16)12-15-9-7-6-8-10-15/h6-10,16H,4-5,11-13H2,1-3H3,(H,24,27). The molecule has 9 heteroatoms. The van der Waals surface area contributed by atoms with Gasteiger partial charge >= 0.3 is 11.9 Å². The second-order valence-electron chi connectivity index (χ2n) is 7.33. The Labute approximate surface area is 185 Å². The summed E-state index contributed by atoms with van der Waals surface area (Å²) in [7, 11) is 0. The fourth-order valence-corrected chi connectivity index (χ4v) is 3.60. The largest absolute Gasteiger partial charge is 0.462 e. The predicted molar refractivity (Wildman–Crippen MR) is 114 cm³/mol. The molecule has 1 aliphatic heterocycles. The van der Waals surface area contributed by atoms with Crippen molar-refractivity contribution in [3.05, 3.63) is 52.8 Å². The lowest BCUT2D eigenvalue weighted by Crippen LogP contribution is -2.28. The average molecular weight is 442 g/mol.